The molecule has 0 aliphatic rings. The van der Waals surface area contributed by atoms with Gasteiger partial charge in [-0.1, -0.05) is 6.07 Å². The van der Waals surface area contributed by atoms with Crippen LogP contribution < -0.4 is 5.32 Å². The fraction of sp³-hybridized carbons (Fsp3) is 0.400. The number of rotatable bonds is 5. The molecule has 2 aromatic rings. The molecule has 0 aliphatic heterocycles. The number of pyridine rings is 1. The molecule has 2 aromatic heterocycles. The minimum atomic E-state index is -0.857. The zero-order valence-corrected chi connectivity index (χ0v) is 12.0. The Morgan fingerprint density at radius 2 is 1.90 bits per heavy atom. The summed E-state index contributed by atoms with van der Waals surface area (Å²) in [5.41, 5.74) is 0.867. The average molecular weight is 272 g/mol. The van der Waals surface area contributed by atoms with E-state index in [-0.39, 0.29) is 6.04 Å². The van der Waals surface area contributed by atoms with E-state index in [0.29, 0.717) is 6.54 Å². The lowest BCUT2D eigenvalue weighted by Crippen LogP contribution is -2.21. The molecule has 0 fully saturated rings. The fourth-order valence-corrected chi connectivity index (χ4v) is 1.77. The van der Waals surface area contributed by atoms with Gasteiger partial charge in [-0.15, -0.1) is 0 Å². The van der Waals surface area contributed by atoms with E-state index in [1.165, 1.54) is 0 Å². The summed E-state index contributed by atoms with van der Waals surface area (Å²) >= 11 is 0. The Kier molecular flexibility index (Phi) is 4.42. The highest BCUT2D eigenvalue weighted by Crippen LogP contribution is 2.18. The van der Waals surface area contributed by atoms with Crippen LogP contribution in [0.2, 0.25) is 0 Å². The van der Waals surface area contributed by atoms with Crippen LogP contribution in [0.4, 0.5) is 0 Å². The Morgan fingerprint density at radius 3 is 2.45 bits per heavy atom. The van der Waals surface area contributed by atoms with E-state index in [1.807, 2.05) is 19.1 Å². The van der Waals surface area contributed by atoms with E-state index in [0.717, 1.165) is 17.1 Å². The molecule has 2 heterocycles. The topological polar surface area (TPSA) is 70.9 Å². The van der Waals surface area contributed by atoms with Crippen LogP contribution in [0.25, 0.3) is 0 Å². The molecular weight excluding hydrogens is 252 g/mol. The maximum Gasteiger partial charge on any atom is 0.144 e. The van der Waals surface area contributed by atoms with Gasteiger partial charge in [-0.2, -0.15) is 0 Å². The predicted octanol–water partition coefficient (Wildman–Crippen LogP) is 1.95. The average Bonchev–Trinajstić information content (AvgIpc) is 2.45. The molecule has 0 saturated heterocycles. The van der Waals surface area contributed by atoms with Crippen LogP contribution >= 0.6 is 0 Å². The molecule has 2 rings (SSSR count). The van der Waals surface area contributed by atoms with Crippen molar-refractivity contribution in [3.63, 3.8) is 0 Å². The second kappa shape index (κ2) is 6.07. The first kappa shape index (κ1) is 14.6. The van der Waals surface area contributed by atoms with Gasteiger partial charge < -0.3 is 10.4 Å². The third-order valence-electron chi connectivity index (χ3n) is 3.09. The molecule has 0 bridgehead atoms. The number of aliphatic hydroxyl groups is 1. The molecule has 2 N–H and O–H groups in total. The van der Waals surface area contributed by atoms with Crippen molar-refractivity contribution in [3.8, 4) is 0 Å². The highest BCUT2D eigenvalue weighted by molar-refractivity contribution is 5.19. The fourth-order valence-electron chi connectivity index (χ4n) is 1.77. The monoisotopic (exact) mass is 272 g/mol. The molecular formula is C15H20N4O. The second-order valence-corrected chi connectivity index (χ2v) is 5.31. The van der Waals surface area contributed by atoms with Crippen molar-refractivity contribution in [1.29, 1.82) is 0 Å². The summed E-state index contributed by atoms with van der Waals surface area (Å²) in [6, 6.07) is 5.67. The zero-order chi connectivity index (χ0) is 14.6. The molecule has 0 saturated carbocycles. The van der Waals surface area contributed by atoms with Crippen LogP contribution in [0.3, 0.4) is 0 Å². The Hall–Kier alpha value is -1.85. The summed E-state index contributed by atoms with van der Waals surface area (Å²) in [7, 11) is 0. The van der Waals surface area contributed by atoms with Gasteiger partial charge in [0, 0.05) is 30.7 Å². The van der Waals surface area contributed by atoms with Crippen LogP contribution in [0, 0.1) is 0 Å². The molecule has 5 heteroatoms. The molecule has 0 radical (unpaired) electrons. The summed E-state index contributed by atoms with van der Waals surface area (Å²) in [4.78, 5) is 12.8. The summed E-state index contributed by atoms with van der Waals surface area (Å²) in [6.45, 7) is 6.14. The van der Waals surface area contributed by atoms with Crippen molar-refractivity contribution in [2.75, 3.05) is 0 Å². The van der Waals surface area contributed by atoms with Gasteiger partial charge in [0.25, 0.3) is 0 Å². The summed E-state index contributed by atoms with van der Waals surface area (Å²) in [5, 5.41) is 13.2. The van der Waals surface area contributed by atoms with E-state index < -0.39 is 5.60 Å². The number of hydrogen-bond donors (Lipinski definition) is 2. The predicted molar refractivity (Wildman–Crippen MR) is 76.8 cm³/mol. The van der Waals surface area contributed by atoms with E-state index in [4.69, 9.17) is 0 Å². The first-order valence-electron chi connectivity index (χ1n) is 6.65. The van der Waals surface area contributed by atoms with E-state index >= 15 is 0 Å². The third kappa shape index (κ3) is 3.82. The van der Waals surface area contributed by atoms with Gasteiger partial charge in [0.15, 0.2) is 0 Å². The Bertz CT molecular complexity index is 534. The first-order chi connectivity index (χ1) is 9.47. The smallest absolute Gasteiger partial charge is 0.144 e. The minimum absolute atomic E-state index is 0.0620. The zero-order valence-electron chi connectivity index (χ0n) is 12.0. The van der Waals surface area contributed by atoms with E-state index in [2.05, 4.69) is 20.3 Å². The Balaban J connectivity index is 1.94. The van der Waals surface area contributed by atoms with Crippen LogP contribution in [-0.2, 0) is 12.1 Å². The lowest BCUT2D eigenvalue weighted by molar-refractivity contribution is 0.0782. The number of nitrogens with zero attached hydrogens (tertiary/aromatic N) is 3. The first-order valence-corrected chi connectivity index (χ1v) is 6.65. The maximum absolute atomic E-state index is 9.87. The summed E-state index contributed by atoms with van der Waals surface area (Å²) in [5.74, 6) is 0.764. The SMILES string of the molecule is C[C@@H](NCc1ccc(C(C)(C)O)cn1)c1ncccn1. The van der Waals surface area contributed by atoms with Gasteiger partial charge in [-0.05, 0) is 32.9 Å². The largest absolute Gasteiger partial charge is 0.386 e. The van der Waals surface area contributed by atoms with Gasteiger partial charge in [0.1, 0.15) is 5.82 Å². The molecule has 0 spiro atoms. The summed E-state index contributed by atoms with van der Waals surface area (Å²) < 4.78 is 0. The Morgan fingerprint density at radius 1 is 1.20 bits per heavy atom. The van der Waals surface area contributed by atoms with Crippen LogP contribution in [0.1, 0.15) is 43.9 Å². The molecule has 0 aliphatic carbocycles. The van der Waals surface area contributed by atoms with Crippen LogP contribution in [-0.4, -0.2) is 20.1 Å². The van der Waals surface area contributed by atoms with Gasteiger partial charge >= 0.3 is 0 Å². The molecule has 20 heavy (non-hydrogen) atoms. The number of nitrogens with one attached hydrogen (secondary N) is 1. The highest BCUT2D eigenvalue weighted by Gasteiger charge is 2.16. The standard InChI is InChI=1S/C15H20N4O/c1-11(14-16-7-4-8-17-14)18-10-13-6-5-12(9-19-13)15(2,3)20/h4-9,11,18,20H,10H2,1-3H3/t11-/m1/s1. The van der Waals surface area contributed by atoms with Gasteiger partial charge in [0.2, 0.25) is 0 Å². The van der Waals surface area contributed by atoms with Crippen LogP contribution in [0.5, 0.6) is 0 Å². The van der Waals surface area contributed by atoms with Crippen LogP contribution in [0.15, 0.2) is 36.8 Å². The van der Waals surface area contributed by atoms with Crippen molar-refractivity contribution >= 4 is 0 Å². The molecule has 106 valence electrons. The van der Waals surface area contributed by atoms with Gasteiger partial charge in [0.05, 0.1) is 17.3 Å². The van der Waals surface area contributed by atoms with Gasteiger partial charge in [-0.3, -0.25) is 4.98 Å². The third-order valence-corrected chi connectivity index (χ3v) is 3.09. The van der Waals surface area contributed by atoms with Crippen molar-refractivity contribution in [2.24, 2.45) is 0 Å². The van der Waals surface area contributed by atoms with Crippen molar-refractivity contribution in [3.05, 3.63) is 53.9 Å². The Labute approximate surface area is 119 Å². The van der Waals surface area contributed by atoms with Gasteiger partial charge in [-0.25, -0.2) is 9.97 Å². The molecule has 0 amide bonds. The quantitative estimate of drug-likeness (QED) is 0.870. The van der Waals surface area contributed by atoms with E-state index in [9.17, 15) is 5.11 Å². The summed E-state index contributed by atoms with van der Waals surface area (Å²) in [6.07, 6.45) is 5.18. The van der Waals surface area contributed by atoms with Crippen molar-refractivity contribution in [1.82, 2.24) is 20.3 Å². The molecule has 0 aromatic carbocycles. The van der Waals surface area contributed by atoms with E-state index in [1.54, 1.807) is 38.5 Å². The highest BCUT2D eigenvalue weighted by atomic mass is 16.3. The van der Waals surface area contributed by atoms with Crippen molar-refractivity contribution in [2.45, 2.75) is 39.0 Å². The van der Waals surface area contributed by atoms with Crippen molar-refractivity contribution < 1.29 is 5.11 Å². The molecule has 1 atom stereocenters. The lowest BCUT2D eigenvalue weighted by atomic mass is 10.0. The lowest BCUT2D eigenvalue weighted by Gasteiger charge is -2.17. The number of aromatic nitrogens is 3. The second-order valence-electron chi connectivity index (χ2n) is 5.31. The minimum Gasteiger partial charge on any atom is -0.386 e. The maximum atomic E-state index is 9.87. The molecule has 5 nitrogen and oxygen atoms in total. The normalized spacial score (nSPS) is 13.2. The number of hydrogen-bond acceptors (Lipinski definition) is 5. The molecule has 0 unspecified atom stereocenters.